The van der Waals surface area contributed by atoms with Gasteiger partial charge in [-0.3, -0.25) is 4.79 Å². The fourth-order valence-electron chi connectivity index (χ4n) is 8.16. The Morgan fingerprint density at radius 2 is 1.90 bits per heavy atom. The minimum atomic E-state index is -0.670. The number of hydrogen-bond acceptors (Lipinski definition) is 4. The second-order valence-corrected chi connectivity index (χ2v) is 11.0. The molecule has 0 amide bonds. The van der Waals surface area contributed by atoms with Crippen LogP contribution in [0.3, 0.4) is 0 Å². The van der Waals surface area contributed by atoms with E-state index in [-0.39, 0.29) is 28.6 Å². The normalized spacial score (nSPS) is 51.2. The number of carbonyl (C=O) groups excluding carboxylic acids is 1. The van der Waals surface area contributed by atoms with Crippen molar-refractivity contribution in [3.63, 3.8) is 0 Å². The number of ketones is 1. The summed E-state index contributed by atoms with van der Waals surface area (Å²) in [4.78, 5) is 13.4. The highest BCUT2D eigenvalue weighted by molar-refractivity contribution is 5.99. The van der Waals surface area contributed by atoms with Crippen molar-refractivity contribution < 1.29 is 19.1 Å². The SMILES string of the molecule is C[C@@]12C(=CC[C@]3(C)C1=CC[C@H]3c1ccoc1)[C@@]1(C)C(=O)C=C[C@@]3(C)COC([C@H]2O)[C@H]13. The molecule has 6 rings (SSSR count). The third kappa shape index (κ3) is 1.86. The van der Waals surface area contributed by atoms with Crippen LogP contribution in [0.4, 0.5) is 0 Å². The Hall–Kier alpha value is -1.91. The van der Waals surface area contributed by atoms with Crippen molar-refractivity contribution >= 4 is 5.78 Å². The van der Waals surface area contributed by atoms with Gasteiger partial charge < -0.3 is 14.3 Å². The summed E-state index contributed by atoms with van der Waals surface area (Å²) in [7, 11) is 0. The molecule has 30 heavy (non-hydrogen) atoms. The lowest BCUT2D eigenvalue weighted by atomic mass is 9.41. The van der Waals surface area contributed by atoms with E-state index in [1.807, 2.05) is 12.3 Å². The van der Waals surface area contributed by atoms with Gasteiger partial charge in [0.05, 0.1) is 36.8 Å². The predicted octanol–water partition coefficient (Wildman–Crippen LogP) is 4.58. The molecule has 1 aromatic rings. The maximum absolute atomic E-state index is 13.4. The molecule has 1 unspecified atom stereocenters. The molecule has 4 nitrogen and oxygen atoms in total. The molecule has 2 heterocycles. The van der Waals surface area contributed by atoms with Gasteiger partial charge in [-0.05, 0) is 55.9 Å². The average molecular weight is 407 g/mol. The molecule has 158 valence electrons. The van der Waals surface area contributed by atoms with Gasteiger partial charge in [0.25, 0.3) is 0 Å². The zero-order valence-electron chi connectivity index (χ0n) is 18.1. The molecule has 1 aromatic heterocycles. The molecule has 2 fully saturated rings. The fourth-order valence-corrected chi connectivity index (χ4v) is 8.16. The molecule has 0 radical (unpaired) electrons. The Kier molecular flexibility index (Phi) is 3.43. The number of carbonyl (C=O) groups is 1. The van der Waals surface area contributed by atoms with Gasteiger partial charge in [-0.2, -0.15) is 0 Å². The lowest BCUT2D eigenvalue weighted by Crippen LogP contribution is -2.65. The molecule has 1 saturated carbocycles. The highest BCUT2D eigenvalue weighted by Crippen LogP contribution is 2.72. The lowest BCUT2D eigenvalue weighted by molar-refractivity contribution is -0.145. The Morgan fingerprint density at radius 3 is 2.63 bits per heavy atom. The molecule has 1 aliphatic heterocycles. The number of fused-ring (bicyclic) bond motifs is 4. The first-order valence-electron chi connectivity index (χ1n) is 11.1. The van der Waals surface area contributed by atoms with Crippen molar-refractivity contribution in [3.8, 4) is 0 Å². The molecular formula is C26H30O4. The van der Waals surface area contributed by atoms with Crippen molar-refractivity contribution in [2.45, 2.75) is 58.7 Å². The number of hydrogen-bond donors (Lipinski definition) is 1. The van der Waals surface area contributed by atoms with E-state index >= 15 is 0 Å². The van der Waals surface area contributed by atoms with E-state index in [2.05, 4.69) is 45.9 Å². The van der Waals surface area contributed by atoms with Gasteiger partial charge in [-0.1, -0.05) is 37.6 Å². The smallest absolute Gasteiger partial charge is 0.165 e. The summed E-state index contributed by atoms with van der Waals surface area (Å²) in [5.41, 5.74) is 2.00. The first-order valence-corrected chi connectivity index (χ1v) is 11.1. The van der Waals surface area contributed by atoms with Crippen molar-refractivity contribution in [2.75, 3.05) is 6.61 Å². The zero-order chi connectivity index (χ0) is 21.1. The van der Waals surface area contributed by atoms with E-state index in [9.17, 15) is 9.90 Å². The molecule has 1 saturated heterocycles. The van der Waals surface area contributed by atoms with E-state index < -0.39 is 16.9 Å². The third-order valence-corrected chi connectivity index (χ3v) is 9.57. The van der Waals surface area contributed by atoms with Gasteiger partial charge in [-0.25, -0.2) is 0 Å². The molecule has 4 aliphatic carbocycles. The monoisotopic (exact) mass is 406 g/mol. The Balaban J connectivity index is 1.56. The maximum Gasteiger partial charge on any atom is 0.165 e. The van der Waals surface area contributed by atoms with Gasteiger partial charge in [-0.15, -0.1) is 0 Å². The van der Waals surface area contributed by atoms with E-state index in [0.717, 1.165) is 18.4 Å². The van der Waals surface area contributed by atoms with Crippen LogP contribution in [0.5, 0.6) is 0 Å². The number of aliphatic hydroxyl groups excluding tert-OH is 1. The molecule has 4 heteroatoms. The average Bonchev–Trinajstić information content (AvgIpc) is 3.41. The lowest BCUT2D eigenvalue weighted by Gasteiger charge is -2.62. The highest BCUT2D eigenvalue weighted by Gasteiger charge is 2.72. The number of furan rings is 1. The van der Waals surface area contributed by atoms with Gasteiger partial charge in [0.1, 0.15) is 0 Å². The van der Waals surface area contributed by atoms with Crippen LogP contribution in [0, 0.1) is 27.6 Å². The van der Waals surface area contributed by atoms with Crippen LogP contribution >= 0.6 is 0 Å². The topological polar surface area (TPSA) is 59.7 Å². The maximum atomic E-state index is 13.4. The van der Waals surface area contributed by atoms with Crippen LogP contribution in [-0.4, -0.2) is 29.7 Å². The summed E-state index contributed by atoms with van der Waals surface area (Å²) in [6, 6.07) is 2.06. The molecular weight excluding hydrogens is 376 g/mol. The highest BCUT2D eigenvalue weighted by atomic mass is 16.5. The zero-order valence-corrected chi connectivity index (χ0v) is 18.1. The molecule has 0 spiro atoms. The Labute approximate surface area is 177 Å². The molecule has 8 atom stereocenters. The van der Waals surface area contributed by atoms with Gasteiger partial charge in [0, 0.05) is 22.2 Å². The van der Waals surface area contributed by atoms with Crippen LogP contribution in [0.2, 0.25) is 0 Å². The fraction of sp³-hybridized carbons (Fsp3) is 0.577. The van der Waals surface area contributed by atoms with E-state index in [0.29, 0.717) is 12.5 Å². The molecule has 0 aromatic carbocycles. The number of allylic oxidation sites excluding steroid dienone is 3. The largest absolute Gasteiger partial charge is 0.472 e. The van der Waals surface area contributed by atoms with Crippen LogP contribution in [0.1, 0.15) is 52.0 Å². The summed E-state index contributed by atoms with van der Waals surface area (Å²) in [6.07, 6.45) is 12.8. The van der Waals surface area contributed by atoms with Crippen LogP contribution < -0.4 is 0 Å². The molecule has 0 bridgehead atoms. The number of rotatable bonds is 1. The summed E-state index contributed by atoms with van der Waals surface area (Å²) in [5.74, 6) is 0.432. The first kappa shape index (κ1) is 18.8. The molecule has 5 aliphatic rings. The van der Waals surface area contributed by atoms with E-state index in [1.165, 1.54) is 11.1 Å². The summed E-state index contributed by atoms with van der Waals surface area (Å²) < 4.78 is 11.7. The summed E-state index contributed by atoms with van der Waals surface area (Å²) in [6.45, 7) is 9.29. The van der Waals surface area contributed by atoms with Gasteiger partial charge in [0.2, 0.25) is 0 Å². The number of aliphatic hydroxyl groups is 1. The van der Waals surface area contributed by atoms with Crippen LogP contribution in [-0.2, 0) is 9.53 Å². The van der Waals surface area contributed by atoms with Crippen molar-refractivity contribution in [2.24, 2.45) is 27.6 Å². The van der Waals surface area contributed by atoms with Crippen molar-refractivity contribution in [3.05, 3.63) is 59.6 Å². The predicted molar refractivity (Wildman–Crippen MR) is 113 cm³/mol. The summed E-state index contributed by atoms with van der Waals surface area (Å²) >= 11 is 0. The first-order chi connectivity index (χ1) is 14.2. The summed E-state index contributed by atoms with van der Waals surface area (Å²) in [5, 5.41) is 11.8. The second-order valence-electron chi connectivity index (χ2n) is 11.0. The van der Waals surface area contributed by atoms with E-state index in [1.54, 1.807) is 12.3 Å². The van der Waals surface area contributed by atoms with Crippen LogP contribution in [0.25, 0.3) is 0 Å². The minimum absolute atomic E-state index is 0.0344. The minimum Gasteiger partial charge on any atom is -0.472 e. The second kappa shape index (κ2) is 5.46. The Morgan fingerprint density at radius 1 is 1.10 bits per heavy atom. The van der Waals surface area contributed by atoms with Crippen molar-refractivity contribution in [1.82, 2.24) is 0 Å². The Bertz CT molecular complexity index is 1030. The molecule has 1 N–H and O–H groups in total. The quantitative estimate of drug-likeness (QED) is 0.694. The van der Waals surface area contributed by atoms with Crippen LogP contribution in [0.15, 0.2) is 58.5 Å². The van der Waals surface area contributed by atoms with Gasteiger partial charge in [0.15, 0.2) is 5.78 Å². The van der Waals surface area contributed by atoms with Gasteiger partial charge >= 0.3 is 0 Å². The van der Waals surface area contributed by atoms with Crippen molar-refractivity contribution in [1.29, 1.82) is 0 Å². The standard InChI is InChI=1S/C26H30O4/c1-23-10-8-19(27)26(4)18-7-11-24(2)16(15-9-12-29-13-15)5-6-17(24)25(18,3)22(28)20(21(23)26)30-14-23/h6-10,12-13,16,20-22,28H,5,11,14H2,1-4H3/t16-,20?,21-,22+,23-,24-,25-,26-/m0/s1. The van der Waals surface area contributed by atoms with E-state index in [4.69, 9.17) is 9.15 Å². The third-order valence-electron chi connectivity index (χ3n) is 9.57. The number of ether oxygens (including phenoxy) is 1.